The first-order valence-electron chi connectivity index (χ1n) is 10.2. The Bertz CT molecular complexity index is 1060. The van der Waals surface area contributed by atoms with Gasteiger partial charge < -0.3 is 5.32 Å². The molecule has 1 nitrogen and oxygen atoms in total. The van der Waals surface area contributed by atoms with Crippen LogP contribution in [0.2, 0.25) is 0 Å². The van der Waals surface area contributed by atoms with E-state index in [-0.39, 0.29) is 11.9 Å². The van der Waals surface area contributed by atoms with Gasteiger partial charge in [-0.1, -0.05) is 54.6 Å². The van der Waals surface area contributed by atoms with Crippen molar-refractivity contribution in [3.05, 3.63) is 107 Å². The highest BCUT2D eigenvalue weighted by Crippen LogP contribution is 2.51. The molecular formula is C26H24FNS. The van der Waals surface area contributed by atoms with Crippen LogP contribution in [0.4, 0.5) is 10.1 Å². The minimum absolute atomic E-state index is 0.140. The van der Waals surface area contributed by atoms with Crippen molar-refractivity contribution in [3.63, 3.8) is 0 Å². The van der Waals surface area contributed by atoms with Gasteiger partial charge in [0.2, 0.25) is 0 Å². The van der Waals surface area contributed by atoms with E-state index in [1.165, 1.54) is 33.3 Å². The Morgan fingerprint density at radius 1 is 1.03 bits per heavy atom. The van der Waals surface area contributed by atoms with Gasteiger partial charge in [-0.3, -0.25) is 0 Å². The number of benzene rings is 3. The number of hydrogen-bond donors (Lipinski definition) is 1. The van der Waals surface area contributed by atoms with E-state index in [2.05, 4.69) is 66.9 Å². The molecule has 0 radical (unpaired) electrons. The van der Waals surface area contributed by atoms with Crippen molar-refractivity contribution in [2.75, 3.05) is 5.32 Å². The highest BCUT2D eigenvalue weighted by atomic mass is 32.2. The van der Waals surface area contributed by atoms with E-state index in [4.69, 9.17) is 0 Å². The molecule has 0 amide bonds. The van der Waals surface area contributed by atoms with Crippen LogP contribution in [-0.4, -0.2) is 0 Å². The van der Waals surface area contributed by atoms with Crippen molar-refractivity contribution in [3.8, 4) is 0 Å². The summed E-state index contributed by atoms with van der Waals surface area (Å²) in [4.78, 5) is 1.30. The van der Waals surface area contributed by atoms with E-state index in [0.29, 0.717) is 11.8 Å². The van der Waals surface area contributed by atoms with Gasteiger partial charge in [0, 0.05) is 22.3 Å². The molecule has 3 aromatic rings. The van der Waals surface area contributed by atoms with E-state index in [1.807, 2.05) is 23.9 Å². The van der Waals surface area contributed by atoms with Crippen LogP contribution in [0.25, 0.3) is 0 Å². The zero-order chi connectivity index (χ0) is 19.8. The van der Waals surface area contributed by atoms with Gasteiger partial charge in [0.15, 0.2) is 0 Å². The van der Waals surface area contributed by atoms with Gasteiger partial charge in [0.1, 0.15) is 5.82 Å². The third kappa shape index (κ3) is 3.60. The smallest absolute Gasteiger partial charge is 0.123 e. The Kier molecular flexibility index (Phi) is 4.92. The zero-order valence-corrected chi connectivity index (χ0v) is 17.3. The molecule has 3 aromatic carbocycles. The summed E-state index contributed by atoms with van der Waals surface area (Å²) < 4.78 is 13.9. The van der Waals surface area contributed by atoms with Gasteiger partial charge in [-0.15, -0.1) is 11.8 Å². The van der Waals surface area contributed by atoms with Crippen LogP contribution in [0.1, 0.15) is 40.6 Å². The number of nitrogens with one attached hydrogen (secondary N) is 1. The molecule has 5 rings (SSSR count). The van der Waals surface area contributed by atoms with Gasteiger partial charge in [-0.2, -0.15) is 0 Å². The molecule has 0 aromatic heterocycles. The summed E-state index contributed by atoms with van der Waals surface area (Å²) in [5.41, 5.74) is 6.28. The average Bonchev–Trinajstić information content (AvgIpc) is 3.23. The summed E-state index contributed by atoms with van der Waals surface area (Å²) in [6.45, 7) is 2.18. The molecule has 0 fully saturated rings. The van der Waals surface area contributed by atoms with Crippen molar-refractivity contribution >= 4 is 17.4 Å². The number of aryl methyl sites for hydroxylation is 1. The molecule has 29 heavy (non-hydrogen) atoms. The normalized spacial score (nSPS) is 22.1. The number of hydrogen-bond acceptors (Lipinski definition) is 2. The highest BCUT2D eigenvalue weighted by molar-refractivity contribution is 7.98. The SMILES string of the molecule is Cc1cc(CSc2ccccc2)cc2c1N[C@H](c1cccc(F)c1)[C@@H]1CC=C[C@H]21. The third-order valence-electron chi connectivity index (χ3n) is 6.08. The fraction of sp³-hybridized carbons (Fsp3) is 0.231. The van der Waals surface area contributed by atoms with Gasteiger partial charge in [0.25, 0.3) is 0 Å². The number of rotatable bonds is 4. The Balaban J connectivity index is 1.47. The monoisotopic (exact) mass is 401 g/mol. The van der Waals surface area contributed by atoms with Crippen molar-refractivity contribution < 1.29 is 4.39 Å². The van der Waals surface area contributed by atoms with Crippen LogP contribution in [0.3, 0.4) is 0 Å². The van der Waals surface area contributed by atoms with Gasteiger partial charge in [0.05, 0.1) is 6.04 Å². The lowest BCUT2D eigenvalue weighted by molar-refractivity contribution is 0.423. The molecule has 0 saturated carbocycles. The molecule has 1 aliphatic carbocycles. The van der Waals surface area contributed by atoms with Crippen LogP contribution in [0.5, 0.6) is 0 Å². The Hall–Kier alpha value is -2.52. The minimum atomic E-state index is -0.164. The van der Waals surface area contributed by atoms with Gasteiger partial charge in [-0.25, -0.2) is 4.39 Å². The number of fused-ring (bicyclic) bond motifs is 3. The lowest BCUT2D eigenvalue weighted by Gasteiger charge is -2.38. The number of thioether (sulfide) groups is 1. The summed E-state index contributed by atoms with van der Waals surface area (Å²) in [7, 11) is 0. The minimum Gasteiger partial charge on any atom is -0.377 e. The molecule has 3 heteroatoms. The molecule has 1 N–H and O–H groups in total. The molecule has 0 saturated heterocycles. The number of allylic oxidation sites excluding steroid dienone is 2. The Morgan fingerprint density at radius 3 is 2.72 bits per heavy atom. The van der Waals surface area contributed by atoms with E-state index in [9.17, 15) is 4.39 Å². The average molecular weight is 402 g/mol. The maximum Gasteiger partial charge on any atom is 0.123 e. The molecule has 1 heterocycles. The molecule has 0 spiro atoms. The first-order chi connectivity index (χ1) is 14.2. The summed E-state index contributed by atoms with van der Waals surface area (Å²) in [5, 5.41) is 3.77. The molecule has 1 aliphatic heterocycles. The quantitative estimate of drug-likeness (QED) is 0.365. The second-order valence-electron chi connectivity index (χ2n) is 8.01. The zero-order valence-electron chi connectivity index (χ0n) is 16.4. The number of anilines is 1. The molecule has 0 bridgehead atoms. The fourth-order valence-corrected chi connectivity index (χ4v) is 5.61. The maximum atomic E-state index is 13.9. The van der Waals surface area contributed by atoms with E-state index in [0.717, 1.165) is 17.7 Å². The fourth-order valence-electron chi connectivity index (χ4n) is 4.76. The third-order valence-corrected chi connectivity index (χ3v) is 7.17. The first kappa shape index (κ1) is 18.5. The number of halogens is 1. The lowest BCUT2D eigenvalue weighted by atomic mass is 9.76. The van der Waals surface area contributed by atoms with Gasteiger partial charge in [-0.05, 0) is 65.8 Å². The van der Waals surface area contributed by atoms with Crippen LogP contribution in [-0.2, 0) is 5.75 Å². The summed E-state index contributed by atoms with van der Waals surface area (Å²) in [6, 6.07) is 22.4. The van der Waals surface area contributed by atoms with E-state index in [1.54, 1.807) is 6.07 Å². The molecule has 2 aliphatic rings. The highest BCUT2D eigenvalue weighted by Gasteiger charge is 2.38. The van der Waals surface area contributed by atoms with E-state index >= 15 is 0 Å². The van der Waals surface area contributed by atoms with E-state index < -0.39 is 0 Å². The summed E-state index contributed by atoms with van der Waals surface area (Å²) >= 11 is 1.88. The second-order valence-corrected chi connectivity index (χ2v) is 9.06. The summed E-state index contributed by atoms with van der Waals surface area (Å²) in [5.74, 6) is 1.62. The van der Waals surface area contributed by atoms with Crippen LogP contribution >= 0.6 is 11.8 Å². The first-order valence-corrected chi connectivity index (χ1v) is 11.2. The van der Waals surface area contributed by atoms with Crippen LogP contribution < -0.4 is 5.32 Å². The second kappa shape index (κ2) is 7.72. The molecule has 3 atom stereocenters. The molecule has 0 unspecified atom stereocenters. The largest absolute Gasteiger partial charge is 0.377 e. The lowest BCUT2D eigenvalue weighted by Crippen LogP contribution is -2.29. The van der Waals surface area contributed by atoms with Crippen LogP contribution in [0.15, 0.2) is 83.8 Å². The topological polar surface area (TPSA) is 12.0 Å². The molecule has 146 valence electrons. The van der Waals surface area contributed by atoms with Gasteiger partial charge >= 0.3 is 0 Å². The Labute approximate surface area is 176 Å². The predicted octanol–water partition coefficient (Wildman–Crippen LogP) is 7.25. The molecular weight excluding hydrogens is 377 g/mol. The summed E-state index contributed by atoms with van der Waals surface area (Å²) in [6.07, 6.45) is 5.67. The van der Waals surface area contributed by atoms with Crippen molar-refractivity contribution in [2.45, 2.75) is 36.0 Å². The standard InChI is InChI=1S/C26H24FNS/c1-17-13-18(16-29-21-9-3-2-4-10-21)14-24-22-11-6-12-23(22)26(28-25(17)24)19-7-5-8-20(27)15-19/h2-11,13-15,22-23,26,28H,12,16H2,1H3/t22-,23+,26+/m0/s1. The van der Waals surface area contributed by atoms with Crippen molar-refractivity contribution in [1.29, 1.82) is 0 Å². The van der Waals surface area contributed by atoms with Crippen LogP contribution in [0, 0.1) is 18.7 Å². The maximum absolute atomic E-state index is 13.9. The van der Waals surface area contributed by atoms with Crippen molar-refractivity contribution in [2.24, 2.45) is 5.92 Å². The van der Waals surface area contributed by atoms with Crippen molar-refractivity contribution in [1.82, 2.24) is 0 Å². The predicted molar refractivity (Wildman–Crippen MR) is 120 cm³/mol. The Morgan fingerprint density at radius 2 is 1.90 bits per heavy atom.